The minimum Gasteiger partial charge on any atom is -0.497 e. The molecular formula is C14H14ClNO4S. The number of halogens is 1. The molecule has 0 radical (unpaired) electrons. The smallest absolute Gasteiger partial charge is 0.229 e. The predicted molar refractivity (Wildman–Crippen MR) is 83.0 cm³/mol. The fourth-order valence-corrected chi connectivity index (χ4v) is 2.32. The number of benzene rings is 2. The van der Waals surface area contributed by atoms with Crippen molar-refractivity contribution < 1.29 is 17.9 Å². The Balaban J connectivity index is 2.35. The summed E-state index contributed by atoms with van der Waals surface area (Å²) in [6, 6.07) is 11.6. The molecule has 0 fully saturated rings. The van der Waals surface area contributed by atoms with Gasteiger partial charge in [0, 0.05) is 11.1 Å². The Morgan fingerprint density at radius 1 is 1.05 bits per heavy atom. The number of sulfonamides is 1. The molecule has 0 saturated carbocycles. The summed E-state index contributed by atoms with van der Waals surface area (Å²) in [5, 5.41) is 0.589. The Labute approximate surface area is 128 Å². The van der Waals surface area contributed by atoms with Gasteiger partial charge in [0.05, 0.1) is 19.1 Å². The Kier molecular flexibility index (Phi) is 4.59. The zero-order chi connectivity index (χ0) is 15.5. The molecule has 1 N–H and O–H groups in total. The molecule has 0 saturated heterocycles. The quantitative estimate of drug-likeness (QED) is 0.912. The summed E-state index contributed by atoms with van der Waals surface area (Å²) in [5.41, 5.74) is 0.298. The Hall–Kier alpha value is -1.92. The van der Waals surface area contributed by atoms with Crippen LogP contribution in [0.15, 0.2) is 42.5 Å². The van der Waals surface area contributed by atoms with Gasteiger partial charge in [0.25, 0.3) is 0 Å². The van der Waals surface area contributed by atoms with Crippen LogP contribution in [0, 0.1) is 0 Å². The predicted octanol–water partition coefficient (Wildman–Crippen LogP) is 3.51. The molecule has 112 valence electrons. The molecule has 0 aliphatic carbocycles. The van der Waals surface area contributed by atoms with Crippen molar-refractivity contribution in [3.8, 4) is 17.2 Å². The minimum atomic E-state index is -3.43. The van der Waals surface area contributed by atoms with Crippen molar-refractivity contribution in [3.05, 3.63) is 47.5 Å². The van der Waals surface area contributed by atoms with Crippen LogP contribution >= 0.6 is 11.6 Å². The summed E-state index contributed by atoms with van der Waals surface area (Å²) < 4.78 is 36.0. The van der Waals surface area contributed by atoms with Gasteiger partial charge in [-0.2, -0.15) is 0 Å². The molecule has 0 atom stereocenters. The summed E-state index contributed by atoms with van der Waals surface area (Å²) in [4.78, 5) is 0. The molecule has 0 spiro atoms. The van der Waals surface area contributed by atoms with Crippen molar-refractivity contribution in [2.75, 3.05) is 18.1 Å². The average molecular weight is 328 g/mol. The van der Waals surface area contributed by atoms with E-state index in [1.165, 1.54) is 7.11 Å². The van der Waals surface area contributed by atoms with E-state index in [0.29, 0.717) is 28.0 Å². The van der Waals surface area contributed by atoms with Gasteiger partial charge in [0.15, 0.2) is 5.75 Å². The Morgan fingerprint density at radius 3 is 2.24 bits per heavy atom. The third-order valence-corrected chi connectivity index (χ3v) is 3.37. The van der Waals surface area contributed by atoms with E-state index in [2.05, 4.69) is 4.72 Å². The molecule has 7 heteroatoms. The molecular weight excluding hydrogens is 314 g/mol. The van der Waals surface area contributed by atoms with E-state index in [9.17, 15) is 8.42 Å². The first-order valence-electron chi connectivity index (χ1n) is 5.96. The molecule has 0 heterocycles. The fourth-order valence-electron chi connectivity index (χ4n) is 1.63. The molecule has 2 aromatic rings. The maximum atomic E-state index is 11.4. The summed E-state index contributed by atoms with van der Waals surface area (Å²) in [6.45, 7) is 0. The van der Waals surface area contributed by atoms with Gasteiger partial charge in [-0.15, -0.1) is 0 Å². The monoisotopic (exact) mass is 327 g/mol. The molecule has 0 bridgehead atoms. The molecule has 2 rings (SSSR count). The number of hydrogen-bond donors (Lipinski definition) is 1. The highest BCUT2D eigenvalue weighted by molar-refractivity contribution is 7.92. The maximum absolute atomic E-state index is 11.4. The molecule has 0 unspecified atom stereocenters. The lowest BCUT2D eigenvalue weighted by Crippen LogP contribution is -2.10. The standard InChI is InChI=1S/C14H14ClNO4S/c1-19-12-7-8-14(13(9-12)16-21(2,17)18)20-11-5-3-10(15)4-6-11/h3-9,16H,1-2H3. The Bertz CT molecular complexity index is 729. The molecule has 0 aromatic heterocycles. The highest BCUT2D eigenvalue weighted by Crippen LogP contribution is 2.33. The highest BCUT2D eigenvalue weighted by Gasteiger charge is 2.11. The van der Waals surface area contributed by atoms with E-state index in [0.717, 1.165) is 6.26 Å². The lowest BCUT2D eigenvalue weighted by Gasteiger charge is -2.13. The number of anilines is 1. The van der Waals surface area contributed by atoms with Crippen LogP contribution < -0.4 is 14.2 Å². The van der Waals surface area contributed by atoms with Gasteiger partial charge in [-0.3, -0.25) is 4.72 Å². The number of hydrogen-bond acceptors (Lipinski definition) is 4. The number of rotatable bonds is 5. The molecule has 5 nitrogen and oxygen atoms in total. The third-order valence-electron chi connectivity index (χ3n) is 2.52. The van der Waals surface area contributed by atoms with E-state index < -0.39 is 10.0 Å². The molecule has 21 heavy (non-hydrogen) atoms. The van der Waals surface area contributed by atoms with Crippen molar-refractivity contribution >= 4 is 27.3 Å². The van der Waals surface area contributed by atoms with Crippen LogP contribution in [0.3, 0.4) is 0 Å². The first-order chi connectivity index (χ1) is 9.87. The summed E-state index contributed by atoms with van der Waals surface area (Å²) in [7, 11) is -1.93. The lowest BCUT2D eigenvalue weighted by molar-refractivity contribution is 0.413. The van der Waals surface area contributed by atoms with Crippen LogP contribution in [-0.2, 0) is 10.0 Å². The van der Waals surface area contributed by atoms with Gasteiger partial charge in [-0.25, -0.2) is 8.42 Å². The van der Waals surface area contributed by atoms with Crippen LogP contribution in [0.2, 0.25) is 5.02 Å². The lowest BCUT2D eigenvalue weighted by atomic mass is 10.2. The van der Waals surface area contributed by atoms with Gasteiger partial charge in [0.2, 0.25) is 10.0 Å². The fraction of sp³-hybridized carbons (Fsp3) is 0.143. The number of nitrogens with one attached hydrogen (secondary N) is 1. The van der Waals surface area contributed by atoms with Crippen molar-refractivity contribution in [1.82, 2.24) is 0 Å². The van der Waals surface area contributed by atoms with Gasteiger partial charge < -0.3 is 9.47 Å². The number of ether oxygens (including phenoxy) is 2. The van der Waals surface area contributed by atoms with E-state index in [-0.39, 0.29) is 0 Å². The molecule has 2 aromatic carbocycles. The third kappa shape index (κ3) is 4.54. The molecule has 0 aliphatic heterocycles. The van der Waals surface area contributed by atoms with Crippen LogP contribution in [0.4, 0.5) is 5.69 Å². The second-order valence-corrected chi connectivity index (χ2v) is 6.48. The van der Waals surface area contributed by atoms with E-state index >= 15 is 0 Å². The first-order valence-corrected chi connectivity index (χ1v) is 8.23. The van der Waals surface area contributed by atoms with Gasteiger partial charge in [-0.05, 0) is 36.4 Å². The van der Waals surface area contributed by atoms with Crippen LogP contribution in [0.1, 0.15) is 0 Å². The topological polar surface area (TPSA) is 64.6 Å². The SMILES string of the molecule is COc1ccc(Oc2ccc(Cl)cc2)c(NS(C)(=O)=O)c1. The van der Waals surface area contributed by atoms with Gasteiger partial charge >= 0.3 is 0 Å². The van der Waals surface area contributed by atoms with Crippen molar-refractivity contribution in [3.63, 3.8) is 0 Å². The summed E-state index contributed by atoms with van der Waals surface area (Å²) in [5.74, 6) is 1.43. The average Bonchev–Trinajstić information content (AvgIpc) is 2.41. The summed E-state index contributed by atoms with van der Waals surface area (Å²) in [6.07, 6.45) is 1.07. The maximum Gasteiger partial charge on any atom is 0.229 e. The van der Waals surface area contributed by atoms with Gasteiger partial charge in [-0.1, -0.05) is 11.6 Å². The van der Waals surface area contributed by atoms with Gasteiger partial charge in [0.1, 0.15) is 11.5 Å². The second kappa shape index (κ2) is 6.24. The zero-order valence-electron chi connectivity index (χ0n) is 11.5. The van der Waals surface area contributed by atoms with Crippen molar-refractivity contribution in [1.29, 1.82) is 0 Å². The molecule has 0 aliphatic rings. The molecule has 0 amide bonds. The van der Waals surface area contributed by atoms with Crippen LogP contribution in [0.5, 0.6) is 17.2 Å². The van der Waals surface area contributed by atoms with E-state index in [1.807, 2.05) is 0 Å². The van der Waals surface area contributed by atoms with Crippen molar-refractivity contribution in [2.45, 2.75) is 0 Å². The second-order valence-electron chi connectivity index (χ2n) is 4.29. The van der Waals surface area contributed by atoms with Crippen molar-refractivity contribution in [2.24, 2.45) is 0 Å². The first kappa shape index (κ1) is 15.5. The number of methoxy groups -OCH3 is 1. The van der Waals surface area contributed by atoms with E-state index in [4.69, 9.17) is 21.1 Å². The van der Waals surface area contributed by atoms with Crippen LogP contribution in [0.25, 0.3) is 0 Å². The zero-order valence-corrected chi connectivity index (χ0v) is 13.0. The van der Waals surface area contributed by atoms with Crippen LogP contribution in [-0.4, -0.2) is 21.8 Å². The largest absolute Gasteiger partial charge is 0.497 e. The normalized spacial score (nSPS) is 11.0. The highest BCUT2D eigenvalue weighted by atomic mass is 35.5. The summed E-state index contributed by atoms with van der Waals surface area (Å²) >= 11 is 5.81. The van der Waals surface area contributed by atoms with E-state index in [1.54, 1.807) is 42.5 Å². The minimum absolute atomic E-state index is 0.298. The Morgan fingerprint density at radius 2 is 1.67 bits per heavy atom.